The van der Waals surface area contributed by atoms with Gasteiger partial charge in [0.15, 0.2) is 0 Å². The van der Waals surface area contributed by atoms with Gasteiger partial charge in [-0.1, -0.05) is 17.7 Å². The van der Waals surface area contributed by atoms with Gasteiger partial charge in [0, 0.05) is 50.1 Å². The minimum absolute atomic E-state index is 0.408. The molecular weight excluding hydrogens is 462 g/mol. The summed E-state index contributed by atoms with van der Waals surface area (Å²) in [6.45, 7) is 4.49. The molecule has 5 rings (SSSR count). The summed E-state index contributed by atoms with van der Waals surface area (Å²) in [5, 5.41) is 11.4. The molecule has 0 radical (unpaired) electrons. The predicted octanol–water partition coefficient (Wildman–Crippen LogP) is 5.13. The lowest BCUT2D eigenvalue weighted by Crippen LogP contribution is -2.40. The number of pyridine rings is 2. The molecule has 8 heteroatoms. The zero-order chi connectivity index (χ0) is 23.9. The van der Waals surface area contributed by atoms with E-state index in [1.807, 2.05) is 24.3 Å². The summed E-state index contributed by atoms with van der Waals surface area (Å²) in [6.07, 6.45) is 11.5. The second-order valence-electron chi connectivity index (χ2n) is 10.2. The van der Waals surface area contributed by atoms with Crippen molar-refractivity contribution in [1.29, 1.82) is 0 Å². The van der Waals surface area contributed by atoms with Crippen LogP contribution in [0.15, 0.2) is 30.5 Å². The van der Waals surface area contributed by atoms with Crippen molar-refractivity contribution in [3.8, 4) is 11.3 Å². The van der Waals surface area contributed by atoms with Crippen LogP contribution in [0.5, 0.6) is 0 Å². The van der Waals surface area contributed by atoms with Gasteiger partial charge in [0.05, 0.1) is 23.4 Å². The first-order valence-corrected chi connectivity index (χ1v) is 13.7. The number of anilines is 2. The molecule has 2 atom stereocenters. The summed E-state index contributed by atoms with van der Waals surface area (Å²) in [6, 6.07) is 9.08. The van der Waals surface area contributed by atoms with Gasteiger partial charge in [0.1, 0.15) is 11.6 Å². The molecule has 3 aliphatic rings. The standard InChI is InChI=1S/C27H38ClN5O2/c28-24-17-31-27(32-21-10-8-20(9-11-21)29-16-22-5-3-13-35-22)14-23(24)25-6-1-7-26(33-25)30-15-19-4-2-12-34-18-19/h1,6-7,14,17,19-22,29H,2-5,8-13,15-16,18H2,(H,30,33)(H,31,32)/t19?,20?,21?,22-/m0/s1. The maximum atomic E-state index is 6.55. The number of nitrogens with one attached hydrogen (secondary N) is 3. The Kier molecular flexibility index (Phi) is 8.73. The van der Waals surface area contributed by atoms with Crippen molar-refractivity contribution in [1.82, 2.24) is 15.3 Å². The molecule has 0 spiro atoms. The molecule has 0 amide bonds. The lowest BCUT2D eigenvalue weighted by molar-refractivity contribution is 0.0595. The van der Waals surface area contributed by atoms with Crippen molar-refractivity contribution in [3.63, 3.8) is 0 Å². The van der Waals surface area contributed by atoms with E-state index in [2.05, 4.69) is 20.9 Å². The van der Waals surface area contributed by atoms with Crippen LogP contribution >= 0.6 is 11.6 Å². The van der Waals surface area contributed by atoms with E-state index >= 15 is 0 Å². The van der Waals surface area contributed by atoms with E-state index in [1.165, 1.54) is 32.1 Å². The highest BCUT2D eigenvalue weighted by molar-refractivity contribution is 6.33. The van der Waals surface area contributed by atoms with Crippen LogP contribution in [-0.2, 0) is 9.47 Å². The molecule has 35 heavy (non-hydrogen) atoms. The van der Waals surface area contributed by atoms with Crippen molar-refractivity contribution >= 4 is 23.2 Å². The fraction of sp³-hybridized carbons (Fsp3) is 0.630. The zero-order valence-corrected chi connectivity index (χ0v) is 21.2. The first kappa shape index (κ1) is 24.8. The van der Waals surface area contributed by atoms with E-state index in [0.29, 0.717) is 29.1 Å². The molecule has 0 aromatic carbocycles. The van der Waals surface area contributed by atoms with Gasteiger partial charge in [0.25, 0.3) is 0 Å². The van der Waals surface area contributed by atoms with Gasteiger partial charge >= 0.3 is 0 Å². The third-order valence-corrected chi connectivity index (χ3v) is 7.75. The molecule has 3 N–H and O–H groups in total. The van der Waals surface area contributed by atoms with E-state index < -0.39 is 0 Å². The lowest BCUT2D eigenvalue weighted by Gasteiger charge is -2.30. The Labute approximate surface area is 213 Å². The molecule has 1 unspecified atom stereocenters. The third kappa shape index (κ3) is 7.06. The average molecular weight is 500 g/mol. The molecule has 2 aromatic heterocycles. The van der Waals surface area contributed by atoms with Gasteiger partial charge < -0.3 is 25.4 Å². The summed E-state index contributed by atoms with van der Waals surface area (Å²) >= 11 is 6.55. The summed E-state index contributed by atoms with van der Waals surface area (Å²) in [5.74, 6) is 2.26. The molecule has 2 saturated heterocycles. The van der Waals surface area contributed by atoms with Crippen molar-refractivity contribution in [2.45, 2.75) is 69.6 Å². The van der Waals surface area contributed by atoms with E-state index in [4.69, 9.17) is 26.1 Å². The molecule has 4 heterocycles. The summed E-state index contributed by atoms with van der Waals surface area (Å²) < 4.78 is 11.3. The summed E-state index contributed by atoms with van der Waals surface area (Å²) in [5.41, 5.74) is 1.76. The lowest BCUT2D eigenvalue weighted by atomic mass is 9.91. The minimum Gasteiger partial charge on any atom is -0.381 e. The van der Waals surface area contributed by atoms with E-state index in [1.54, 1.807) is 6.20 Å². The number of nitrogens with zero attached hydrogens (tertiary/aromatic N) is 2. The second kappa shape index (κ2) is 12.3. The minimum atomic E-state index is 0.408. The molecule has 1 aliphatic carbocycles. The topological polar surface area (TPSA) is 80.3 Å². The van der Waals surface area contributed by atoms with Crippen molar-refractivity contribution in [3.05, 3.63) is 35.5 Å². The van der Waals surface area contributed by atoms with E-state index in [-0.39, 0.29) is 0 Å². The fourth-order valence-corrected chi connectivity index (χ4v) is 5.57. The monoisotopic (exact) mass is 499 g/mol. The van der Waals surface area contributed by atoms with Gasteiger partial charge in [-0.05, 0) is 75.5 Å². The second-order valence-corrected chi connectivity index (χ2v) is 10.6. The van der Waals surface area contributed by atoms with E-state index in [9.17, 15) is 0 Å². The Morgan fingerprint density at radius 1 is 0.943 bits per heavy atom. The molecule has 0 bridgehead atoms. The molecule has 190 valence electrons. The third-order valence-electron chi connectivity index (χ3n) is 7.44. The molecule has 1 saturated carbocycles. The van der Waals surface area contributed by atoms with Crippen LogP contribution in [0.4, 0.5) is 11.6 Å². The number of ether oxygens (including phenoxy) is 2. The predicted molar refractivity (Wildman–Crippen MR) is 141 cm³/mol. The van der Waals surface area contributed by atoms with Gasteiger partial charge in [-0.3, -0.25) is 0 Å². The molecule has 2 aliphatic heterocycles. The maximum absolute atomic E-state index is 6.55. The molecular formula is C27H38ClN5O2. The van der Waals surface area contributed by atoms with Crippen molar-refractivity contribution in [2.75, 3.05) is 43.5 Å². The van der Waals surface area contributed by atoms with Gasteiger partial charge in [-0.2, -0.15) is 0 Å². The highest BCUT2D eigenvalue weighted by atomic mass is 35.5. The smallest absolute Gasteiger partial charge is 0.126 e. The molecule has 3 fully saturated rings. The summed E-state index contributed by atoms with van der Waals surface area (Å²) in [7, 11) is 0. The van der Waals surface area contributed by atoms with E-state index in [0.717, 1.165) is 75.1 Å². The van der Waals surface area contributed by atoms with Crippen LogP contribution in [-0.4, -0.2) is 61.1 Å². The Hall–Kier alpha value is -1.93. The van der Waals surface area contributed by atoms with Crippen molar-refractivity contribution < 1.29 is 9.47 Å². The van der Waals surface area contributed by atoms with Crippen LogP contribution in [0.3, 0.4) is 0 Å². The number of halogens is 1. The molecule has 7 nitrogen and oxygen atoms in total. The Morgan fingerprint density at radius 2 is 1.80 bits per heavy atom. The SMILES string of the molecule is Clc1cnc(NC2CCC(NC[C@@H]3CCCO3)CC2)cc1-c1cccc(NCC2CCCOC2)n1. The fourth-order valence-electron chi connectivity index (χ4n) is 5.37. The zero-order valence-electron chi connectivity index (χ0n) is 20.5. The average Bonchev–Trinajstić information content (AvgIpc) is 3.43. The normalized spacial score (nSPS) is 27.0. The van der Waals surface area contributed by atoms with Gasteiger partial charge in [0.2, 0.25) is 0 Å². The van der Waals surface area contributed by atoms with Gasteiger partial charge in [-0.15, -0.1) is 0 Å². The molecule has 2 aromatic rings. The number of rotatable bonds is 9. The quantitative estimate of drug-likeness (QED) is 0.441. The van der Waals surface area contributed by atoms with Crippen LogP contribution in [0.1, 0.15) is 51.4 Å². The Balaban J connectivity index is 1.15. The first-order chi connectivity index (χ1) is 17.2. The highest BCUT2D eigenvalue weighted by Crippen LogP contribution is 2.30. The number of hydrogen-bond donors (Lipinski definition) is 3. The number of hydrogen-bond acceptors (Lipinski definition) is 7. The van der Waals surface area contributed by atoms with Crippen LogP contribution < -0.4 is 16.0 Å². The Morgan fingerprint density at radius 3 is 2.60 bits per heavy atom. The van der Waals surface area contributed by atoms with Crippen molar-refractivity contribution in [2.24, 2.45) is 5.92 Å². The summed E-state index contributed by atoms with van der Waals surface area (Å²) in [4.78, 5) is 9.38. The van der Waals surface area contributed by atoms with Crippen LogP contribution in [0, 0.1) is 5.92 Å². The van der Waals surface area contributed by atoms with Gasteiger partial charge in [-0.25, -0.2) is 9.97 Å². The number of aromatic nitrogens is 2. The Bertz CT molecular complexity index is 941. The highest BCUT2D eigenvalue weighted by Gasteiger charge is 2.23. The largest absolute Gasteiger partial charge is 0.381 e. The van der Waals surface area contributed by atoms with Crippen LogP contribution in [0.2, 0.25) is 5.02 Å². The maximum Gasteiger partial charge on any atom is 0.126 e. The first-order valence-electron chi connectivity index (χ1n) is 13.3. The van der Waals surface area contributed by atoms with Crippen LogP contribution in [0.25, 0.3) is 11.3 Å².